The topological polar surface area (TPSA) is 193 Å². The van der Waals surface area contributed by atoms with E-state index in [4.69, 9.17) is 33.1 Å². The molecule has 0 saturated carbocycles. The molecule has 18 heteroatoms. The Kier molecular flexibility index (Phi) is 21.8. The summed E-state index contributed by atoms with van der Waals surface area (Å²) in [4.78, 5) is 71.4. The Morgan fingerprint density at radius 3 is 1.77 bits per heavy atom. The predicted octanol–water partition coefficient (Wildman–Crippen LogP) is 0.412. The molecule has 0 aliphatic carbocycles. The number of rotatable bonds is 12. The Hall–Kier alpha value is -3.50. The number of carbonyl (C=O) groups is 6. The van der Waals surface area contributed by atoms with E-state index in [2.05, 4.69) is 32.1 Å². The summed E-state index contributed by atoms with van der Waals surface area (Å²) in [5, 5.41) is 13.1. The van der Waals surface area contributed by atoms with E-state index < -0.39 is 23.5 Å². The van der Waals surface area contributed by atoms with Crippen LogP contribution in [0.2, 0.25) is 0 Å². The Morgan fingerprint density at radius 1 is 0.771 bits per heavy atom. The van der Waals surface area contributed by atoms with Gasteiger partial charge in [-0.15, -0.1) is 11.8 Å². The van der Waals surface area contributed by atoms with E-state index in [1.807, 2.05) is 45.1 Å². The minimum Gasteiger partial charge on any atom is -0.366 e. The number of hydrogen-bond donors (Lipinski definition) is 6. The van der Waals surface area contributed by atoms with Crippen LogP contribution < -0.4 is 32.1 Å². The van der Waals surface area contributed by atoms with E-state index in [1.165, 1.54) is 0 Å². The molecule has 14 nitrogen and oxygen atoms in total. The number of allylic oxidation sites excluding steroid dienone is 3. The van der Waals surface area contributed by atoms with Crippen LogP contribution in [-0.2, 0) is 24.0 Å². The standard InChI is InChI=1S/2C10H15BN2O3.C10H15BN2O2S/c1-2-3-8(12-10(11)15)6-7-4-5-16-13-9(7)14;2*1-2-3-7(13-10(11)15)6-8-9(14)12-4-5-16-8/h2-3,7-8H,4-6H2,1H3,(H,12,15)(H,13,14);2*2-3,7-8H,4-6H2,1H3,(H,12,14)(H,13,15)/b3*3-2+. The van der Waals surface area contributed by atoms with Crippen LogP contribution in [0.25, 0.3) is 0 Å². The molecule has 258 valence electrons. The fourth-order valence-corrected chi connectivity index (χ4v) is 5.89. The molecule has 3 aliphatic heterocycles. The van der Waals surface area contributed by atoms with Gasteiger partial charge in [0, 0.05) is 49.3 Å². The Bertz CT molecular complexity index is 1020. The van der Waals surface area contributed by atoms with Gasteiger partial charge >= 0.3 is 0 Å². The van der Waals surface area contributed by atoms with Crippen LogP contribution in [0.4, 0.5) is 14.4 Å². The van der Waals surface area contributed by atoms with E-state index in [9.17, 15) is 28.8 Å². The molecule has 3 fully saturated rings. The van der Waals surface area contributed by atoms with E-state index in [-0.39, 0.29) is 47.0 Å². The lowest BCUT2D eigenvalue weighted by atomic mass is 9.94. The lowest BCUT2D eigenvalue weighted by Gasteiger charge is -2.25. The highest BCUT2D eigenvalue weighted by Gasteiger charge is 2.27. The second kappa shape index (κ2) is 24.6. The molecule has 3 saturated heterocycles. The van der Waals surface area contributed by atoms with E-state index >= 15 is 0 Å². The third-order valence-corrected chi connectivity index (χ3v) is 8.12. The fraction of sp³-hybridized carbons (Fsp3) is 0.600. The molecule has 0 aromatic rings. The molecule has 6 radical (unpaired) electrons. The second-order valence-electron chi connectivity index (χ2n) is 10.7. The Morgan fingerprint density at radius 2 is 1.29 bits per heavy atom. The van der Waals surface area contributed by atoms with Crippen molar-refractivity contribution < 1.29 is 38.3 Å². The van der Waals surface area contributed by atoms with E-state index in [1.54, 1.807) is 23.9 Å². The predicted molar refractivity (Wildman–Crippen MR) is 187 cm³/mol. The molecule has 6 amide bonds. The van der Waals surface area contributed by atoms with Gasteiger partial charge in [-0.25, -0.2) is 5.48 Å². The zero-order valence-corrected chi connectivity index (χ0v) is 28.5. The quantitative estimate of drug-likeness (QED) is 0.125. The molecule has 6 unspecified atom stereocenters. The van der Waals surface area contributed by atoms with Crippen molar-refractivity contribution in [1.82, 2.24) is 32.1 Å². The molecular formula is C30H45B3N6O8S. The van der Waals surface area contributed by atoms with Crippen molar-refractivity contribution >= 4 is 70.4 Å². The highest BCUT2D eigenvalue weighted by Crippen LogP contribution is 2.20. The average Bonchev–Trinajstić information content (AvgIpc) is 3.01. The van der Waals surface area contributed by atoms with Crippen molar-refractivity contribution in [3.63, 3.8) is 0 Å². The van der Waals surface area contributed by atoms with Crippen LogP contribution in [0.15, 0.2) is 36.5 Å². The summed E-state index contributed by atoms with van der Waals surface area (Å²) in [5.74, 6) is -1.26. The summed E-state index contributed by atoms with van der Waals surface area (Å²) >= 11 is 1.61. The molecule has 6 atom stereocenters. The first-order valence-corrected chi connectivity index (χ1v) is 16.7. The van der Waals surface area contributed by atoms with Crippen LogP contribution in [-0.4, -0.2) is 120 Å². The first-order valence-electron chi connectivity index (χ1n) is 15.7. The summed E-state index contributed by atoms with van der Waals surface area (Å²) in [6.07, 6.45) is 12.5. The van der Waals surface area contributed by atoms with Crippen LogP contribution in [0.1, 0.15) is 46.5 Å². The summed E-state index contributed by atoms with van der Waals surface area (Å²) in [6, 6.07) is -0.670. The van der Waals surface area contributed by atoms with Gasteiger partial charge < -0.3 is 31.3 Å². The molecule has 48 heavy (non-hydrogen) atoms. The first-order chi connectivity index (χ1) is 22.9. The number of hydroxylamine groups is 1. The average molecular weight is 682 g/mol. The van der Waals surface area contributed by atoms with Crippen molar-refractivity contribution in [2.45, 2.75) is 75.9 Å². The van der Waals surface area contributed by atoms with Gasteiger partial charge in [-0.2, -0.15) is 0 Å². The minimum absolute atomic E-state index is 0.0389. The second-order valence-corrected chi connectivity index (χ2v) is 12.0. The summed E-state index contributed by atoms with van der Waals surface area (Å²) in [6.45, 7) is 7.79. The van der Waals surface area contributed by atoms with E-state index in [0.29, 0.717) is 45.4 Å². The minimum atomic E-state index is -0.612. The third-order valence-electron chi connectivity index (χ3n) is 6.87. The van der Waals surface area contributed by atoms with Crippen LogP contribution in [0.5, 0.6) is 0 Å². The van der Waals surface area contributed by atoms with Gasteiger partial charge in [0.25, 0.3) is 0 Å². The molecule has 0 aromatic heterocycles. The van der Waals surface area contributed by atoms with Gasteiger partial charge in [0.2, 0.25) is 41.3 Å². The SMILES string of the molecule is [B]C(=O)NC(/C=C/C)CC1CCONC1=O.[B]C(=O)NC(/C=C/C)CC1OCCNC1=O.[B]C(=O)NC(/C=C/C)CC1SCCNC1=O. The number of morpholine rings is 1. The highest BCUT2D eigenvalue weighted by molar-refractivity contribution is 8.00. The molecule has 3 aliphatic rings. The van der Waals surface area contributed by atoms with Crippen molar-refractivity contribution in [3.05, 3.63) is 36.5 Å². The molecule has 3 heterocycles. The molecular weight excluding hydrogens is 637 g/mol. The van der Waals surface area contributed by atoms with Crippen LogP contribution >= 0.6 is 11.8 Å². The van der Waals surface area contributed by atoms with Gasteiger partial charge in [0.05, 0.1) is 18.5 Å². The summed E-state index contributed by atoms with van der Waals surface area (Å²) < 4.78 is 5.31. The molecule has 0 aromatic carbocycles. The third kappa shape index (κ3) is 18.7. The lowest BCUT2D eigenvalue weighted by molar-refractivity contribution is -0.145. The van der Waals surface area contributed by atoms with Crippen molar-refractivity contribution in [1.29, 1.82) is 0 Å². The van der Waals surface area contributed by atoms with Gasteiger partial charge in [0.1, 0.15) is 6.10 Å². The highest BCUT2D eigenvalue weighted by atomic mass is 32.2. The molecule has 6 N–H and O–H groups in total. The summed E-state index contributed by atoms with van der Waals surface area (Å²) in [7, 11) is 15.2. The number of thioether (sulfide) groups is 1. The van der Waals surface area contributed by atoms with Gasteiger partial charge in [-0.1, -0.05) is 36.5 Å². The number of ether oxygens (including phenoxy) is 1. The first kappa shape index (κ1) is 42.5. The number of carbonyl (C=O) groups excluding carboxylic acids is 6. The van der Waals surface area contributed by atoms with Crippen LogP contribution in [0, 0.1) is 5.92 Å². The Balaban J connectivity index is 0.000000360. The zero-order valence-electron chi connectivity index (χ0n) is 27.7. The van der Waals surface area contributed by atoms with Gasteiger partial charge in [-0.05, 0) is 40.0 Å². The fourth-order valence-electron chi connectivity index (χ4n) is 4.81. The zero-order chi connectivity index (χ0) is 35.9. The van der Waals surface area contributed by atoms with Crippen molar-refractivity contribution in [2.75, 3.05) is 32.1 Å². The summed E-state index contributed by atoms with van der Waals surface area (Å²) in [5.41, 5.74) is 2.33. The van der Waals surface area contributed by atoms with E-state index in [0.717, 1.165) is 12.3 Å². The molecule has 3 rings (SSSR count). The Labute approximate surface area is 290 Å². The van der Waals surface area contributed by atoms with Crippen LogP contribution in [0.3, 0.4) is 0 Å². The van der Waals surface area contributed by atoms with Gasteiger partial charge in [-0.3, -0.25) is 33.6 Å². The number of amides is 6. The lowest BCUT2D eigenvalue weighted by Crippen LogP contribution is -2.47. The number of nitrogens with one attached hydrogen (secondary N) is 6. The monoisotopic (exact) mass is 682 g/mol. The van der Waals surface area contributed by atoms with Crippen molar-refractivity contribution in [3.8, 4) is 0 Å². The molecule has 0 bridgehead atoms. The number of hydrogen-bond acceptors (Lipinski definition) is 9. The van der Waals surface area contributed by atoms with Crippen molar-refractivity contribution in [2.24, 2.45) is 5.92 Å². The smallest absolute Gasteiger partial charge is 0.249 e. The maximum Gasteiger partial charge on any atom is 0.249 e. The normalized spacial score (nSPS) is 22.8. The largest absolute Gasteiger partial charge is 0.366 e. The molecule has 0 spiro atoms. The maximum atomic E-state index is 11.5. The van der Waals surface area contributed by atoms with Gasteiger partial charge in [0.15, 0.2) is 17.4 Å². The maximum absolute atomic E-state index is 11.5.